The molecule has 12 heavy (non-hydrogen) atoms. The van der Waals surface area contributed by atoms with E-state index in [0.717, 1.165) is 6.07 Å². The number of benzene rings is 1. The molecule has 1 N–H and O–H groups in total. The quantitative estimate of drug-likeness (QED) is 0.413. The Morgan fingerprint density at radius 3 is 2.67 bits per heavy atom. The highest BCUT2D eigenvalue weighted by atomic mass is 35.5. The predicted molar refractivity (Wildman–Crippen MR) is 40.5 cm³/mol. The summed E-state index contributed by atoms with van der Waals surface area (Å²) in [7, 11) is 0. The Morgan fingerprint density at radius 1 is 1.42 bits per heavy atom. The monoisotopic (exact) mass is 191 g/mol. The largest absolute Gasteiger partial charge is 0.410 e. The van der Waals surface area contributed by atoms with Crippen molar-refractivity contribution in [1.82, 2.24) is 0 Å². The van der Waals surface area contributed by atoms with Gasteiger partial charge in [-0.1, -0.05) is 22.8 Å². The fourth-order valence-corrected chi connectivity index (χ4v) is 0.863. The number of rotatable bonds is 1. The molecule has 0 heterocycles. The maximum Gasteiger partial charge on any atom is 0.178 e. The van der Waals surface area contributed by atoms with Gasteiger partial charge in [-0.2, -0.15) is 0 Å². The van der Waals surface area contributed by atoms with Crippen molar-refractivity contribution >= 4 is 16.8 Å². The zero-order chi connectivity index (χ0) is 9.14. The van der Waals surface area contributed by atoms with E-state index in [0.29, 0.717) is 0 Å². The van der Waals surface area contributed by atoms with E-state index in [-0.39, 0.29) is 5.56 Å². The van der Waals surface area contributed by atoms with Gasteiger partial charge in [0.25, 0.3) is 0 Å². The van der Waals surface area contributed by atoms with Gasteiger partial charge in [-0.05, 0) is 12.1 Å². The van der Waals surface area contributed by atoms with Gasteiger partial charge in [-0.3, -0.25) is 0 Å². The molecule has 1 rings (SSSR count). The summed E-state index contributed by atoms with van der Waals surface area (Å²) < 4.78 is 25.3. The van der Waals surface area contributed by atoms with Gasteiger partial charge in [0.1, 0.15) is 0 Å². The first kappa shape index (κ1) is 8.93. The van der Waals surface area contributed by atoms with Gasteiger partial charge >= 0.3 is 0 Å². The molecule has 0 bridgehead atoms. The standard InChI is InChI=1S/C7H4ClF2NO/c8-7(11-12)4-2-1-3-5(9)6(4)10/h1-3,12H/b11-7+. The van der Waals surface area contributed by atoms with E-state index in [4.69, 9.17) is 16.8 Å². The van der Waals surface area contributed by atoms with Gasteiger partial charge in [0.05, 0.1) is 5.56 Å². The number of hydrogen-bond donors (Lipinski definition) is 1. The first-order valence-electron chi connectivity index (χ1n) is 2.98. The molecule has 0 aliphatic carbocycles. The lowest BCUT2D eigenvalue weighted by Crippen LogP contribution is -1.98. The van der Waals surface area contributed by atoms with Crippen molar-refractivity contribution in [3.05, 3.63) is 35.4 Å². The minimum Gasteiger partial charge on any atom is -0.410 e. The van der Waals surface area contributed by atoms with Gasteiger partial charge in [0.15, 0.2) is 16.8 Å². The summed E-state index contributed by atoms with van der Waals surface area (Å²) in [5.74, 6) is -2.16. The number of halogens is 3. The molecule has 0 saturated heterocycles. The molecule has 1 aromatic rings. The molecule has 0 aliphatic rings. The van der Waals surface area contributed by atoms with Crippen LogP contribution >= 0.6 is 11.6 Å². The van der Waals surface area contributed by atoms with Crippen molar-refractivity contribution in [2.45, 2.75) is 0 Å². The molecule has 0 spiro atoms. The summed E-state index contributed by atoms with van der Waals surface area (Å²) >= 11 is 5.26. The molecular formula is C7H4ClF2NO. The van der Waals surface area contributed by atoms with Gasteiger partial charge in [-0.15, -0.1) is 0 Å². The summed E-state index contributed by atoms with van der Waals surface area (Å²) in [5, 5.41) is 10.2. The third kappa shape index (κ3) is 1.53. The van der Waals surface area contributed by atoms with Crippen molar-refractivity contribution in [3.63, 3.8) is 0 Å². The van der Waals surface area contributed by atoms with E-state index in [1.165, 1.54) is 12.1 Å². The van der Waals surface area contributed by atoms with Crippen LogP contribution in [0, 0.1) is 11.6 Å². The van der Waals surface area contributed by atoms with Crippen molar-refractivity contribution in [2.24, 2.45) is 5.16 Å². The van der Waals surface area contributed by atoms with Crippen LogP contribution in [0.4, 0.5) is 8.78 Å². The first-order chi connectivity index (χ1) is 5.66. The SMILES string of the molecule is O/N=C(/Cl)c1cccc(F)c1F. The lowest BCUT2D eigenvalue weighted by Gasteiger charge is -1.98. The van der Waals surface area contributed by atoms with Crippen LogP contribution in [0.3, 0.4) is 0 Å². The van der Waals surface area contributed by atoms with E-state index in [9.17, 15) is 8.78 Å². The van der Waals surface area contributed by atoms with Gasteiger partial charge < -0.3 is 5.21 Å². The van der Waals surface area contributed by atoms with Crippen LogP contribution in [0.2, 0.25) is 0 Å². The normalized spacial score (nSPS) is 11.8. The molecule has 64 valence electrons. The molecule has 0 atom stereocenters. The molecule has 1 aromatic carbocycles. The van der Waals surface area contributed by atoms with Crippen LogP contribution in [-0.2, 0) is 0 Å². The Morgan fingerprint density at radius 2 is 2.08 bits per heavy atom. The van der Waals surface area contributed by atoms with Crippen LogP contribution in [-0.4, -0.2) is 10.4 Å². The smallest absolute Gasteiger partial charge is 0.178 e. The molecule has 0 fully saturated rings. The van der Waals surface area contributed by atoms with E-state index in [2.05, 4.69) is 5.16 Å². The summed E-state index contributed by atoms with van der Waals surface area (Å²) in [6.07, 6.45) is 0. The van der Waals surface area contributed by atoms with E-state index >= 15 is 0 Å². The molecule has 0 radical (unpaired) electrons. The van der Waals surface area contributed by atoms with Crippen LogP contribution < -0.4 is 0 Å². The van der Waals surface area contributed by atoms with Crippen molar-refractivity contribution in [3.8, 4) is 0 Å². The highest BCUT2D eigenvalue weighted by Crippen LogP contribution is 2.13. The zero-order valence-electron chi connectivity index (χ0n) is 5.76. The second-order valence-electron chi connectivity index (χ2n) is 1.99. The molecule has 5 heteroatoms. The Hall–Kier alpha value is -1.16. The van der Waals surface area contributed by atoms with E-state index in [1.807, 2.05) is 0 Å². The molecular weight excluding hydrogens is 188 g/mol. The van der Waals surface area contributed by atoms with Gasteiger partial charge in [0.2, 0.25) is 0 Å². The minimum atomic E-state index is -1.12. The molecule has 0 amide bonds. The summed E-state index contributed by atoms with van der Waals surface area (Å²) in [6, 6.07) is 3.42. The third-order valence-electron chi connectivity index (χ3n) is 1.26. The Bertz CT molecular complexity index is 327. The Kier molecular flexibility index (Phi) is 2.60. The highest BCUT2D eigenvalue weighted by molar-refractivity contribution is 6.69. The molecule has 0 saturated carbocycles. The summed E-state index contributed by atoms with van der Waals surface area (Å²) in [6.45, 7) is 0. The van der Waals surface area contributed by atoms with Crippen LogP contribution in [0.5, 0.6) is 0 Å². The Labute approximate surface area is 72.1 Å². The average molecular weight is 192 g/mol. The van der Waals surface area contributed by atoms with E-state index < -0.39 is 16.8 Å². The van der Waals surface area contributed by atoms with E-state index in [1.54, 1.807) is 0 Å². The third-order valence-corrected chi connectivity index (χ3v) is 1.54. The minimum absolute atomic E-state index is 0.265. The lowest BCUT2D eigenvalue weighted by molar-refractivity contribution is 0.320. The number of hydrogen-bond acceptors (Lipinski definition) is 2. The second kappa shape index (κ2) is 3.49. The van der Waals surface area contributed by atoms with Crippen molar-refractivity contribution < 1.29 is 14.0 Å². The number of nitrogens with zero attached hydrogens (tertiary/aromatic N) is 1. The topological polar surface area (TPSA) is 32.6 Å². The summed E-state index contributed by atoms with van der Waals surface area (Å²) in [4.78, 5) is 0. The average Bonchev–Trinajstić information content (AvgIpc) is 2.08. The van der Waals surface area contributed by atoms with Crippen molar-refractivity contribution in [1.29, 1.82) is 0 Å². The van der Waals surface area contributed by atoms with Gasteiger partial charge in [-0.25, -0.2) is 8.78 Å². The van der Waals surface area contributed by atoms with Crippen molar-refractivity contribution in [2.75, 3.05) is 0 Å². The second-order valence-corrected chi connectivity index (χ2v) is 2.35. The number of oxime groups is 1. The molecule has 0 aromatic heterocycles. The first-order valence-corrected chi connectivity index (χ1v) is 3.36. The fourth-order valence-electron chi connectivity index (χ4n) is 0.717. The van der Waals surface area contributed by atoms with Crippen LogP contribution in [0.25, 0.3) is 0 Å². The highest BCUT2D eigenvalue weighted by Gasteiger charge is 2.11. The zero-order valence-corrected chi connectivity index (χ0v) is 6.52. The molecule has 0 aliphatic heterocycles. The van der Waals surface area contributed by atoms with Crippen LogP contribution in [0.15, 0.2) is 23.4 Å². The predicted octanol–water partition coefficient (Wildman–Crippen LogP) is 2.34. The maximum atomic E-state index is 12.8. The van der Waals surface area contributed by atoms with Crippen LogP contribution in [0.1, 0.15) is 5.56 Å². The molecule has 2 nitrogen and oxygen atoms in total. The molecule has 0 unspecified atom stereocenters. The van der Waals surface area contributed by atoms with Gasteiger partial charge in [0, 0.05) is 0 Å². The maximum absolute atomic E-state index is 12.8. The fraction of sp³-hybridized carbons (Fsp3) is 0. The lowest BCUT2D eigenvalue weighted by atomic mass is 10.2. The Balaban J connectivity index is 3.26. The summed E-state index contributed by atoms with van der Waals surface area (Å²) in [5.41, 5.74) is -0.265.